The smallest absolute Gasteiger partial charge is 0.338 e. The van der Waals surface area contributed by atoms with Crippen molar-refractivity contribution in [2.45, 2.75) is 30.7 Å². The number of hydrogen-bond acceptors (Lipinski definition) is 13. The number of carbonyl (C=O) groups is 2. The Labute approximate surface area is 196 Å². The second-order valence-corrected chi connectivity index (χ2v) is 7.42. The molecule has 1 fully saturated rings. The average Bonchev–Trinajstić information content (AvgIpc) is 2.82. The van der Waals surface area contributed by atoms with E-state index < -0.39 is 78.0 Å². The zero-order chi connectivity index (χ0) is 26.0. The van der Waals surface area contributed by atoms with Crippen molar-refractivity contribution in [3.05, 3.63) is 35.4 Å². The van der Waals surface area contributed by atoms with Gasteiger partial charge in [0.05, 0.1) is 18.2 Å². The number of carboxylic acid groups (broad SMARTS) is 1. The maximum atomic E-state index is 12.2. The summed E-state index contributed by atoms with van der Waals surface area (Å²) in [5, 5.41) is 78.5. The molecule has 2 aromatic rings. The highest BCUT2D eigenvalue weighted by atomic mass is 16.7. The van der Waals surface area contributed by atoms with Gasteiger partial charge in [-0.3, -0.25) is 0 Å². The van der Waals surface area contributed by atoms with E-state index in [-0.39, 0.29) is 16.9 Å². The minimum absolute atomic E-state index is 0.267. The van der Waals surface area contributed by atoms with Gasteiger partial charge in [0.15, 0.2) is 28.7 Å². The van der Waals surface area contributed by atoms with Crippen molar-refractivity contribution in [2.75, 3.05) is 13.7 Å². The quantitative estimate of drug-likeness (QED) is 0.173. The molecule has 0 amide bonds. The molecular weight excluding hydrogens is 476 g/mol. The van der Waals surface area contributed by atoms with Crippen LogP contribution in [-0.4, -0.2) is 97.2 Å². The molecule has 2 aromatic carbocycles. The molecule has 190 valence electrons. The number of benzene rings is 2. The number of phenolic OH excluding ortho intramolecular Hbond substituents is 4. The molecule has 35 heavy (non-hydrogen) atoms. The number of aromatic hydroxyl groups is 4. The van der Waals surface area contributed by atoms with Crippen molar-refractivity contribution < 1.29 is 69.4 Å². The van der Waals surface area contributed by atoms with Crippen molar-refractivity contribution in [1.82, 2.24) is 0 Å². The van der Waals surface area contributed by atoms with Crippen molar-refractivity contribution in [1.29, 1.82) is 0 Å². The Kier molecular flexibility index (Phi) is 7.40. The first kappa shape index (κ1) is 25.6. The van der Waals surface area contributed by atoms with Gasteiger partial charge < -0.3 is 59.8 Å². The molecule has 5 atom stereocenters. The van der Waals surface area contributed by atoms with Crippen LogP contribution in [0.4, 0.5) is 0 Å². The number of hydrogen-bond donors (Lipinski definition) is 8. The van der Waals surface area contributed by atoms with Crippen LogP contribution in [0.25, 0.3) is 0 Å². The first-order chi connectivity index (χ1) is 16.4. The van der Waals surface area contributed by atoms with Crippen molar-refractivity contribution in [2.24, 2.45) is 0 Å². The highest BCUT2D eigenvalue weighted by molar-refractivity contribution is 5.91. The molecule has 14 heteroatoms. The number of aromatic carboxylic acids is 1. The van der Waals surface area contributed by atoms with Gasteiger partial charge in [-0.05, 0) is 24.3 Å². The minimum Gasteiger partial charge on any atom is -0.504 e. The summed E-state index contributed by atoms with van der Waals surface area (Å²) >= 11 is 0. The van der Waals surface area contributed by atoms with Crippen LogP contribution in [0, 0.1) is 0 Å². The molecular formula is C21H22O14. The summed E-state index contributed by atoms with van der Waals surface area (Å²) in [5.41, 5.74) is -0.703. The Hall–Kier alpha value is -3.98. The summed E-state index contributed by atoms with van der Waals surface area (Å²) in [6.45, 7) is -0.712. The fraction of sp³-hybridized carbons (Fsp3) is 0.333. The molecule has 8 N–H and O–H groups in total. The van der Waals surface area contributed by atoms with Gasteiger partial charge in [-0.25, -0.2) is 9.59 Å². The number of aliphatic hydroxyl groups is 3. The third-order valence-corrected chi connectivity index (χ3v) is 5.10. The largest absolute Gasteiger partial charge is 0.504 e. The van der Waals surface area contributed by atoms with Crippen molar-refractivity contribution >= 4 is 11.9 Å². The molecule has 1 aliphatic rings. The predicted octanol–water partition coefficient (Wildman–Crippen LogP) is -0.741. The van der Waals surface area contributed by atoms with Gasteiger partial charge in [0.2, 0.25) is 12.0 Å². The fourth-order valence-electron chi connectivity index (χ4n) is 3.19. The molecule has 0 saturated carbocycles. The normalized spacial score (nSPS) is 23.9. The molecule has 0 aliphatic carbocycles. The van der Waals surface area contributed by atoms with E-state index in [1.807, 2.05) is 0 Å². The third kappa shape index (κ3) is 5.25. The molecule has 0 aromatic heterocycles. The number of rotatable bonds is 7. The van der Waals surface area contributed by atoms with Gasteiger partial charge in [0, 0.05) is 0 Å². The predicted molar refractivity (Wildman–Crippen MR) is 111 cm³/mol. The SMILES string of the molecule is COc1cc(C(=O)O)cc(O[C@@H]2O[C@H](COC(=O)c3cc(O)c(O)c(O)c3)[C@@H](O)[C@H](O)[C@H]2O)c1O. The zero-order valence-electron chi connectivity index (χ0n) is 17.9. The third-order valence-electron chi connectivity index (χ3n) is 5.10. The molecule has 0 unspecified atom stereocenters. The number of aliphatic hydroxyl groups excluding tert-OH is 3. The Morgan fingerprint density at radius 3 is 2.03 bits per heavy atom. The molecule has 1 heterocycles. The number of carbonyl (C=O) groups excluding carboxylic acids is 1. The van der Waals surface area contributed by atoms with Gasteiger partial charge in [0.25, 0.3) is 0 Å². The summed E-state index contributed by atoms with van der Waals surface area (Å²) in [6, 6.07) is 3.55. The second-order valence-electron chi connectivity index (χ2n) is 7.42. The Balaban J connectivity index is 1.77. The Morgan fingerprint density at radius 1 is 0.857 bits per heavy atom. The van der Waals surface area contributed by atoms with E-state index in [1.54, 1.807) is 0 Å². The van der Waals surface area contributed by atoms with Crippen LogP contribution in [0.3, 0.4) is 0 Å². The second kappa shape index (κ2) is 10.1. The molecule has 1 aliphatic heterocycles. The van der Waals surface area contributed by atoms with Gasteiger partial charge in [-0.1, -0.05) is 0 Å². The molecule has 1 saturated heterocycles. The lowest BCUT2D eigenvalue weighted by molar-refractivity contribution is -0.277. The number of esters is 1. The Morgan fingerprint density at radius 2 is 1.46 bits per heavy atom. The van der Waals surface area contributed by atoms with Gasteiger partial charge >= 0.3 is 11.9 Å². The topological polar surface area (TPSA) is 233 Å². The van der Waals surface area contributed by atoms with Crippen LogP contribution >= 0.6 is 0 Å². The van der Waals surface area contributed by atoms with E-state index in [0.717, 1.165) is 31.4 Å². The summed E-state index contributed by atoms with van der Waals surface area (Å²) < 4.78 is 20.6. The zero-order valence-corrected chi connectivity index (χ0v) is 17.9. The lowest BCUT2D eigenvalue weighted by atomic mass is 9.99. The maximum absolute atomic E-state index is 12.2. The van der Waals surface area contributed by atoms with Crippen LogP contribution < -0.4 is 9.47 Å². The van der Waals surface area contributed by atoms with Gasteiger partial charge in [-0.15, -0.1) is 0 Å². The van der Waals surface area contributed by atoms with E-state index in [1.165, 1.54) is 0 Å². The lowest BCUT2D eigenvalue weighted by Crippen LogP contribution is -2.60. The van der Waals surface area contributed by atoms with E-state index in [4.69, 9.17) is 18.9 Å². The fourth-order valence-corrected chi connectivity index (χ4v) is 3.19. The van der Waals surface area contributed by atoms with Crippen molar-refractivity contribution in [3.63, 3.8) is 0 Å². The lowest BCUT2D eigenvalue weighted by Gasteiger charge is -2.40. The highest BCUT2D eigenvalue weighted by Crippen LogP contribution is 2.39. The van der Waals surface area contributed by atoms with Crippen LogP contribution in [-0.2, 0) is 9.47 Å². The summed E-state index contributed by atoms with van der Waals surface area (Å²) in [6.07, 6.45) is -8.76. The van der Waals surface area contributed by atoms with Crippen LogP contribution in [0.15, 0.2) is 24.3 Å². The van der Waals surface area contributed by atoms with Gasteiger partial charge in [0.1, 0.15) is 31.0 Å². The van der Waals surface area contributed by atoms with Gasteiger partial charge in [-0.2, -0.15) is 0 Å². The molecule has 0 bridgehead atoms. The van der Waals surface area contributed by atoms with E-state index in [9.17, 15) is 50.4 Å². The standard InChI is InChI=1S/C21H22O14/c1-32-11-4-7(19(29)30)5-12(15(11)25)34-21-18(28)17(27)16(26)13(35-21)6-33-20(31)8-2-9(22)14(24)10(23)3-8/h2-5,13,16-18,21-28H,6H2,1H3,(H,29,30)/t13-,16-,17+,18-,21-/m1/s1. The van der Waals surface area contributed by atoms with Crippen LogP contribution in [0.1, 0.15) is 20.7 Å². The van der Waals surface area contributed by atoms with E-state index >= 15 is 0 Å². The summed E-state index contributed by atoms with van der Waals surface area (Å²) in [7, 11) is 1.16. The molecule has 3 rings (SSSR count). The average molecular weight is 498 g/mol. The highest BCUT2D eigenvalue weighted by Gasteiger charge is 2.46. The van der Waals surface area contributed by atoms with Crippen molar-refractivity contribution in [3.8, 4) is 34.5 Å². The number of ether oxygens (including phenoxy) is 4. The van der Waals surface area contributed by atoms with E-state index in [2.05, 4.69) is 0 Å². The number of phenols is 4. The minimum atomic E-state index is -1.87. The molecule has 0 spiro atoms. The monoisotopic (exact) mass is 498 g/mol. The molecule has 14 nitrogen and oxygen atoms in total. The maximum Gasteiger partial charge on any atom is 0.338 e. The number of carboxylic acids is 1. The number of methoxy groups -OCH3 is 1. The van der Waals surface area contributed by atoms with Crippen LogP contribution in [0.5, 0.6) is 34.5 Å². The first-order valence-electron chi connectivity index (χ1n) is 9.87. The first-order valence-corrected chi connectivity index (χ1v) is 9.87. The summed E-state index contributed by atoms with van der Waals surface area (Å²) in [4.78, 5) is 23.6. The van der Waals surface area contributed by atoms with E-state index in [0.29, 0.717) is 0 Å². The Bertz CT molecular complexity index is 1090. The summed E-state index contributed by atoms with van der Waals surface area (Å²) in [5.74, 6) is -6.32. The molecule has 0 radical (unpaired) electrons. The van der Waals surface area contributed by atoms with Crippen LogP contribution in [0.2, 0.25) is 0 Å².